The fraction of sp³-hybridized carbons (Fsp3) is 0.133. The highest BCUT2D eigenvalue weighted by Gasteiger charge is 2.10. The van der Waals surface area contributed by atoms with Crippen LogP contribution in [0.2, 0.25) is 0 Å². The quantitative estimate of drug-likeness (QED) is 0.726. The van der Waals surface area contributed by atoms with E-state index < -0.39 is 0 Å². The molecule has 2 heterocycles. The van der Waals surface area contributed by atoms with E-state index in [4.69, 9.17) is 9.26 Å². The Balaban J connectivity index is 1.86. The zero-order chi connectivity index (χ0) is 13.8. The van der Waals surface area contributed by atoms with Gasteiger partial charge in [-0.15, -0.1) is 0 Å². The normalized spacial score (nSPS) is 10.4. The topological polar surface area (TPSA) is 61.0 Å². The van der Waals surface area contributed by atoms with E-state index in [1.807, 2.05) is 43.3 Å². The van der Waals surface area contributed by atoms with Crippen LogP contribution in [0.5, 0.6) is 5.75 Å². The summed E-state index contributed by atoms with van der Waals surface area (Å²) >= 11 is 0. The molecule has 0 saturated carbocycles. The first-order chi connectivity index (χ1) is 9.86. The van der Waals surface area contributed by atoms with E-state index in [0.29, 0.717) is 18.3 Å². The lowest BCUT2D eigenvalue weighted by molar-refractivity contribution is 0.340. The molecule has 0 aliphatic rings. The summed E-state index contributed by atoms with van der Waals surface area (Å²) in [5, 5.41) is 3.98. The second-order valence-electron chi connectivity index (χ2n) is 4.12. The van der Waals surface area contributed by atoms with Crippen molar-refractivity contribution in [2.24, 2.45) is 0 Å². The van der Waals surface area contributed by atoms with Crippen molar-refractivity contribution in [3.8, 4) is 28.6 Å². The molecule has 0 atom stereocenters. The lowest BCUT2D eigenvalue weighted by Gasteiger charge is -2.02. The number of benzene rings is 1. The number of nitrogens with zero attached hydrogens (tertiary/aromatic N) is 3. The van der Waals surface area contributed by atoms with Gasteiger partial charge in [-0.3, -0.25) is 4.98 Å². The van der Waals surface area contributed by atoms with Gasteiger partial charge in [0.1, 0.15) is 5.75 Å². The molecule has 0 spiro atoms. The molecule has 2 aromatic heterocycles. The molecule has 0 aliphatic heterocycles. The molecular weight excluding hydrogens is 254 g/mol. The van der Waals surface area contributed by atoms with Crippen LogP contribution in [0.15, 0.2) is 53.3 Å². The molecule has 0 N–H and O–H groups in total. The number of ether oxygens (including phenoxy) is 1. The number of rotatable bonds is 4. The molecule has 3 rings (SSSR count). The van der Waals surface area contributed by atoms with Gasteiger partial charge in [-0.2, -0.15) is 4.98 Å². The Labute approximate surface area is 116 Å². The minimum atomic E-state index is 0.486. The van der Waals surface area contributed by atoms with Gasteiger partial charge in [-0.25, -0.2) is 0 Å². The van der Waals surface area contributed by atoms with Gasteiger partial charge in [-0.05, 0) is 43.3 Å². The van der Waals surface area contributed by atoms with Gasteiger partial charge in [0, 0.05) is 23.5 Å². The number of aromatic nitrogens is 3. The molecule has 3 aromatic rings. The molecule has 0 amide bonds. The molecule has 0 saturated heterocycles. The maximum Gasteiger partial charge on any atom is 0.258 e. The Morgan fingerprint density at radius 1 is 1.00 bits per heavy atom. The van der Waals surface area contributed by atoms with E-state index in [0.717, 1.165) is 16.9 Å². The molecule has 20 heavy (non-hydrogen) atoms. The third-order valence-corrected chi connectivity index (χ3v) is 2.78. The summed E-state index contributed by atoms with van der Waals surface area (Å²) in [6, 6.07) is 11.2. The predicted octanol–water partition coefficient (Wildman–Crippen LogP) is 3.20. The smallest absolute Gasteiger partial charge is 0.258 e. The predicted molar refractivity (Wildman–Crippen MR) is 74.1 cm³/mol. The van der Waals surface area contributed by atoms with Crippen molar-refractivity contribution in [2.75, 3.05) is 6.61 Å². The summed E-state index contributed by atoms with van der Waals surface area (Å²) in [6.07, 6.45) is 3.39. The largest absolute Gasteiger partial charge is 0.494 e. The van der Waals surface area contributed by atoms with E-state index in [2.05, 4.69) is 15.1 Å². The molecule has 0 unspecified atom stereocenters. The minimum absolute atomic E-state index is 0.486. The maximum atomic E-state index is 5.40. The first-order valence-electron chi connectivity index (χ1n) is 6.34. The Hall–Kier alpha value is -2.69. The zero-order valence-corrected chi connectivity index (χ0v) is 11.0. The Kier molecular flexibility index (Phi) is 3.41. The van der Waals surface area contributed by atoms with Gasteiger partial charge in [0.15, 0.2) is 0 Å². The molecule has 0 radical (unpaired) electrons. The average molecular weight is 267 g/mol. The molecule has 0 fully saturated rings. The minimum Gasteiger partial charge on any atom is -0.494 e. The van der Waals surface area contributed by atoms with Crippen LogP contribution in [0.25, 0.3) is 22.8 Å². The first-order valence-corrected chi connectivity index (χ1v) is 6.34. The van der Waals surface area contributed by atoms with Crippen molar-refractivity contribution in [1.29, 1.82) is 0 Å². The molecule has 0 aliphatic carbocycles. The second-order valence-corrected chi connectivity index (χ2v) is 4.12. The number of pyridine rings is 1. The highest BCUT2D eigenvalue weighted by molar-refractivity contribution is 5.59. The van der Waals surface area contributed by atoms with Crippen LogP contribution in [0.3, 0.4) is 0 Å². The highest BCUT2D eigenvalue weighted by Crippen LogP contribution is 2.23. The first kappa shape index (κ1) is 12.3. The van der Waals surface area contributed by atoms with Crippen molar-refractivity contribution in [1.82, 2.24) is 15.1 Å². The summed E-state index contributed by atoms with van der Waals surface area (Å²) in [6.45, 7) is 2.60. The number of hydrogen-bond donors (Lipinski definition) is 0. The van der Waals surface area contributed by atoms with E-state index >= 15 is 0 Å². The molecule has 5 nitrogen and oxygen atoms in total. The molecule has 100 valence electrons. The Bertz CT molecular complexity index is 678. The zero-order valence-electron chi connectivity index (χ0n) is 11.0. The maximum absolute atomic E-state index is 5.40. The highest BCUT2D eigenvalue weighted by atomic mass is 16.5. The summed E-state index contributed by atoms with van der Waals surface area (Å²) in [5.41, 5.74) is 1.74. The fourth-order valence-corrected chi connectivity index (χ4v) is 1.82. The Morgan fingerprint density at radius 3 is 2.45 bits per heavy atom. The van der Waals surface area contributed by atoms with E-state index in [9.17, 15) is 0 Å². The van der Waals surface area contributed by atoms with Crippen LogP contribution >= 0.6 is 0 Å². The van der Waals surface area contributed by atoms with E-state index in [-0.39, 0.29) is 0 Å². The summed E-state index contributed by atoms with van der Waals surface area (Å²) < 4.78 is 10.7. The summed E-state index contributed by atoms with van der Waals surface area (Å²) in [7, 11) is 0. The van der Waals surface area contributed by atoms with E-state index in [1.54, 1.807) is 12.4 Å². The standard InChI is InChI=1S/C15H13N3O2/c1-2-19-13-5-3-12(4-6-13)15-17-14(18-20-15)11-7-9-16-10-8-11/h3-10H,2H2,1H3. The summed E-state index contributed by atoms with van der Waals surface area (Å²) in [4.78, 5) is 8.34. The van der Waals surface area contributed by atoms with Crippen molar-refractivity contribution >= 4 is 0 Å². The molecular formula is C15H13N3O2. The van der Waals surface area contributed by atoms with Gasteiger partial charge in [0.05, 0.1) is 6.61 Å². The monoisotopic (exact) mass is 267 g/mol. The number of hydrogen-bond acceptors (Lipinski definition) is 5. The van der Waals surface area contributed by atoms with Gasteiger partial charge in [0.25, 0.3) is 5.89 Å². The van der Waals surface area contributed by atoms with Gasteiger partial charge in [0.2, 0.25) is 5.82 Å². The summed E-state index contributed by atoms with van der Waals surface area (Å²) in [5.74, 6) is 1.86. The van der Waals surface area contributed by atoms with Crippen molar-refractivity contribution in [3.63, 3.8) is 0 Å². The third-order valence-electron chi connectivity index (χ3n) is 2.78. The van der Waals surface area contributed by atoms with Gasteiger partial charge < -0.3 is 9.26 Å². The van der Waals surface area contributed by atoms with Crippen LogP contribution in [0.1, 0.15) is 6.92 Å². The van der Waals surface area contributed by atoms with Gasteiger partial charge in [-0.1, -0.05) is 5.16 Å². The SMILES string of the molecule is CCOc1ccc(-c2nc(-c3ccncc3)no2)cc1. The van der Waals surface area contributed by atoms with Crippen LogP contribution < -0.4 is 4.74 Å². The molecule has 1 aromatic carbocycles. The van der Waals surface area contributed by atoms with Crippen molar-refractivity contribution in [2.45, 2.75) is 6.92 Å². The third kappa shape index (κ3) is 2.51. The molecule has 0 bridgehead atoms. The fourth-order valence-electron chi connectivity index (χ4n) is 1.82. The lowest BCUT2D eigenvalue weighted by atomic mass is 10.2. The lowest BCUT2D eigenvalue weighted by Crippen LogP contribution is -1.90. The van der Waals surface area contributed by atoms with Crippen LogP contribution in [-0.2, 0) is 0 Å². The van der Waals surface area contributed by atoms with E-state index in [1.165, 1.54) is 0 Å². The molecule has 5 heteroatoms. The van der Waals surface area contributed by atoms with Crippen LogP contribution in [-0.4, -0.2) is 21.7 Å². The van der Waals surface area contributed by atoms with Crippen LogP contribution in [0, 0.1) is 0 Å². The van der Waals surface area contributed by atoms with Gasteiger partial charge >= 0.3 is 0 Å². The van der Waals surface area contributed by atoms with Crippen molar-refractivity contribution < 1.29 is 9.26 Å². The van der Waals surface area contributed by atoms with Crippen LogP contribution in [0.4, 0.5) is 0 Å². The second kappa shape index (κ2) is 5.52. The Morgan fingerprint density at radius 2 is 1.75 bits per heavy atom. The average Bonchev–Trinajstić information content (AvgIpc) is 2.99. The van der Waals surface area contributed by atoms with Crippen molar-refractivity contribution in [3.05, 3.63) is 48.8 Å².